The number of likely N-dealkylation sites (tertiary alicyclic amines) is 1. The molecule has 2 unspecified atom stereocenters. The van der Waals surface area contributed by atoms with Crippen molar-refractivity contribution in [2.24, 2.45) is 5.92 Å². The Labute approximate surface area is 141 Å². The van der Waals surface area contributed by atoms with Crippen LogP contribution in [0.3, 0.4) is 0 Å². The van der Waals surface area contributed by atoms with Gasteiger partial charge in [-0.1, -0.05) is 18.2 Å². The summed E-state index contributed by atoms with van der Waals surface area (Å²) in [7, 11) is 0. The third-order valence-electron chi connectivity index (χ3n) is 4.29. The standard InChI is InChI=1S/C17H24N2OS2/c20-17(10-15-13-21-9-7-18-15)19-8-6-14(11-19)12-22-16-4-2-1-3-5-16/h1-5,14-15,18H,6-13H2. The van der Waals surface area contributed by atoms with E-state index in [-0.39, 0.29) is 0 Å². The van der Waals surface area contributed by atoms with Crippen molar-refractivity contribution in [3.63, 3.8) is 0 Å². The highest BCUT2D eigenvalue weighted by Crippen LogP contribution is 2.26. The zero-order valence-corrected chi connectivity index (χ0v) is 14.5. The average Bonchev–Trinajstić information content (AvgIpc) is 3.04. The molecule has 1 amide bonds. The van der Waals surface area contributed by atoms with Crippen molar-refractivity contribution < 1.29 is 4.79 Å². The second-order valence-corrected chi connectivity index (χ2v) is 8.29. The Morgan fingerprint density at radius 3 is 3.00 bits per heavy atom. The maximum atomic E-state index is 12.4. The van der Waals surface area contributed by atoms with Gasteiger partial charge in [-0.15, -0.1) is 11.8 Å². The molecule has 2 fully saturated rings. The van der Waals surface area contributed by atoms with E-state index >= 15 is 0 Å². The Kier molecular flexibility index (Phi) is 6.10. The van der Waals surface area contributed by atoms with Gasteiger partial charge in [-0.2, -0.15) is 11.8 Å². The van der Waals surface area contributed by atoms with E-state index < -0.39 is 0 Å². The number of carbonyl (C=O) groups excluding carboxylic acids is 1. The van der Waals surface area contributed by atoms with Gasteiger partial charge in [0.25, 0.3) is 0 Å². The summed E-state index contributed by atoms with van der Waals surface area (Å²) in [6, 6.07) is 10.9. The Balaban J connectivity index is 1.40. The van der Waals surface area contributed by atoms with E-state index in [0.29, 0.717) is 24.3 Å². The molecule has 0 spiro atoms. The van der Waals surface area contributed by atoms with Gasteiger partial charge in [0.05, 0.1) is 0 Å². The van der Waals surface area contributed by atoms with Crippen molar-refractivity contribution in [1.82, 2.24) is 10.2 Å². The zero-order chi connectivity index (χ0) is 15.2. The molecule has 0 saturated carbocycles. The highest BCUT2D eigenvalue weighted by atomic mass is 32.2. The van der Waals surface area contributed by atoms with Gasteiger partial charge in [-0.05, 0) is 24.5 Å². The van der Waals surface area contributed by atoms with Gasteiger partial charge in [0.15, 0.2) is 0 Å². The number of hydrogen-bond acceptors (Lipinski definition) is 4. The second-order valence-electron chi connectivity index (χ2n) is 6.05. The van der Waals surface area contributed by atoms with Crippen LogP contribution in [0.2, 0.25) is 0 Å². The first-order chi connectivity index (χ1) is 10.8. The van der Waals surface area contributed by atoms with Crippen LogP contribution in [0.5, 0.6) is 0 Å². The first-order valence-electron chi connectivity index (χ1n) is 8.08. The van der Waals surface area contributed by atoms with E-state index in [1.165, 1.54) is 10.6 Å². The molecular weight excluding hydrogens is 312 g/mol. The molecule has 3 nitrogen and oxygen atoms in total. The molecule has 0 aliphatic carbocycles. The van der Waals surface area contributed by atoms with E-state index in [0.717, 1.165) is 37.6 Å². The highest BCUT2D eigenvalue weighted by molar-refractivity contribution is 7.99. The molecule has 0 aromatic heterocycles. The molecule has 2 atom stereocenters. The van der Waals surface area contributed by atoms with Crippen LogP contribution < -0.4 is 5.32 Å². The van der Waals surface area contributed by atoms with Crippen LogP contribution in [-0.4, -0.2) is 53.7 Å². The molecule has 0 radical (unpaired) electrons. The van der Waals surface area contributed by atoms with Gasteiger partial charge >= 0.3 is 0 Å². The summed E-state index contributed by atoms with van der Waals surface area (Å²) in [6.45, 7) is 2.93. The molecule has 5 heteroatoms. The number of nitrogens with zero attached hydrogens (tertiary/aromatic N) is 1. The summed E-state index contributed by atoms with van der Waals surface area (Å²) < 4.78 is 0. The number of benzene rings is 1. The van der Waals surface area contributed by atoms with Crippen LogP contribution in [0.25, 0.3) is 0 Å². The molecule has 120 valence electrons. The molecule has 22 heavy (non-hydrogen) atoms. The number of hydrogen-bond donors (Lipinski definition) is 1. The third-order valence-corrected chi connectivity index (χ3v) is 6.66. The fourth-order valence-electron chi connectivity index (χ4n) is 3.02. The summed E-state index contributed by atoms with van der Waals surface area (Å²) in [5.41, 5.74) is 0. The zero-order valence-electron chi connectivity index (χ0n) is 12.9. The van der Waals surface area contributed by atoms with Crippen LogP contribution in [0, 0.1) is 5.92 Å². The van der Waals surface area contributed by atoms with Gasteiger partial charge in [0, 0.05) is 54.3 Å². The largest absolute Gasteiger partial charge is 0.342 e. The predicted molar refractivity (Wildman–Crippen MR) is 95.6 cm³/mol. The van der Waals surface area contributed by atoms with Crippen molar-refractivity contribution >= 4 is 29.4 Å². The predicted octanol–water partition coefficient (Wildman–Crippen LogP) is 2.72. The topological polar surface area (TPSA) is 32.3 Å². The maximum Gasteiger partial charge on any atom is 0.224 e. The molecule has 1 aromatic carbocycles. The van der Waals surface area contributed by atoms with Gasteiger partial charge in [-0.25, -0.2) is 0 Å². The molecular formula is C17H24N2OS2. The molecule has 2 saturated heterocycles. The van der Waals surface area contributed by atoms with E-state index in [1.54, 1.807) is 0 Å². The van der Waals surface area contributed by atoms with Crippen LogP contribution >= 0.6 is 23.5 Å². The Morgan fingerprint density at radius 1 is 1.36 bits per heavy atom. The average molecular weight is 337 g/mol. The van der Waals surface area contributed by atoms with Crippen LogP contribution in [0.4, 0.5) is 0 Å². The van der Waals surface area contributed by atoms with E-state index in [4.69, 9.17) is 0 Å². The van der Waals surface area contributed by atoms with E-state index in [9.17, 15) is 4.79 Å². The number of carbonyl (C=O) groups is 1. The lowest BCUT2D eigenvalue weighted by Crippen LogP contribution is -2.42. The number of thioether (sulfide) groups is 2. The first-order valence-corrected chi connectivity index (χ1v) is 10.2. The third kappa shape index (κ3) is 4.67. The van der Waals surface area contributed by atoms with Crippen molar-refractivity contribution in [1.29, 1.82) is 0 Å². The number of nitrogens with one attached hydrogen (secondary N) is 1. The Morgan fingerprint density at radius 2 is 2.23 bits per heavy atom. The molecule has 1 N–H and O–H groups in total. The summed E-state index contributed by atoms with van der Waals surface area (Å²) in [5, 5.41) is 3.46. The molecule has 2 heterocycles. The van der Waals surface area contributed by atoms with Gasteiger partial charge in [0.1, 0.15) is 0 Å². The van der Waals surface area contributed by atoms with Gasteiger partial charge in [0.2, 0.25) is 5.91 Å². The van der Waals surface area contributed by atoms with Gasteiger partial charge < -0.3 is 10.2 Å². The fourth-order valence-corrected chi connectivity index (χ4v) is 5.02. The van der Waals surface area contributed by atoms with Crippen LogP contribution in [0.1, 0.15) is 12.8 Å². The van der Waals surface area contributed by atoms with Gasteiger partial charge in [-0.3, -0.25) is 4.79 Å². The van der Waals surface area contributed by atoms with Crippen LogP contribution in [-0.2, 0) is 4.79 Å². The van der Waals surface area contributed by atoms with E-state index in [1.807, 2.05) is 23.5 Å². The normalized spacial score (nSPS) is 25.4. The van der Waals surface area contributed by atoms with E-state index in [2.05, 4.69) is 40.5 Å². The van der Waals surface area contributed by atoms with Crippen LogP contribution in [0.15, 0.2) is 35.2 Å². The van der Waals surface area contributed by atoms with Crippen molar-refractivity contribution in [3.8, 4) is 0 Å². The SMILES string of the molecule is O=C(CC1CSCCN1)N1CCC(CSc2ccccc2)C1. The quantitative estimate of drug-likeness (QED) is 0.838. The fraction of sp³-hybridized carbons (Fsp3) is 0.588. The Hall–Kier alpha value is -0.650. The minimum Gasteiger partial charge on any atom is -0.342 e. The lowest BCUT2D eigenvalue weighted by Gasteiger charge is -2.25. The second kappa shape index (κ2) is 8.27. The lowest BCUT2D eigenvalue weighted by molar-refractivity contribution is -0.130. The summed E-state index contributed by atoms with van der Waals surface area (Å²) in [4.78, 5) is 15.8. The molecule has 2 aliphatic heterocycles. The molecule has 1 aromatic rings. The van der Waals surface area contributed by atoms with Crippen molar-refractivity contribution in [2.75, 3.05) is 36.9 Å². The summed E-state index contributed by atoms with van der Waals surface area (Å²) in [6.07, 6.45) is 1.82. The highest BCUT2D eigenvalue weighted by Gasteiger charge is 2.28. The minimum atomic E-state index is 0.340. The Bertz CT molecular complexity index is 477. The molecule has 0 bridgehead atoms. The number of amides is 1. The summed E-state index contributed by atoms with van der Waals surface area (Å²) >= 11 is 3.87. The molecule has 3 rings (SSSR count). The minimum absolute atomic E-state index is 0.340. The maximum absolute atomic E-state index is 12.4. The lowest BCUT2D eigenvalue weighted by atomic mass is 10.1. The summed E-state index contributed by atoms with van der Waals surface area (Å²) in [5.74, 6) is 4.35. The monoisotopic (exact) mass is 336 g/mol. The molecule has 2 aliphatic rings. The van der Waals surface area contributed by atoms with Crippen molar-refractivity contribution in [3.05, 3.63) is 30.3 Å². The smallest absolute Gasteiger partial charge is 0.224 e. The number of rotatable bonds is 5. The van der Waals surface area contributed by atoms with Crippen molar-refractivity contribution in [2.45, 2.75) is 23.8 Å². The first kappa shape index (κ1) is 16.2.